The molecular formula is C18H15BrN2O5S. The molecule has 0 aliphatic carbocycles. The highest BCUT2D eigenvalue weighted by Gasteiger charge is 2.43. The lowest BCUT2D eigenvalue weighted by atomic mass is 9.96. The molecule has 0 radical (unpaired) electrons. The van der Waals surface area contributed by atoms with Crippen molar-refractivity contribution in [2.75, 3.05) is 4.90 Å². The van der Waals surface area contributed by atoms with Crippen molar-refractivity contribution in [2.45, 2.75) is 17.9 Å². The van der Waals surface area contributed by atoms with Gasteiger partial charge < -0.3 is 5.11 Å². The van der Waals surface area contributed by atoms with Gasteiger partial charge in [-0.2, -0.15) is 0 Å². The fourth-order valence-corrected chi connectivity index (χ4v) is 3.77. The monoisotopic (exact) mass is 450 g/mol. The first-order valence-corrected chi connectivity index (χ1v) is 10.1. The van der Waals surface area contributed by atoms with E-state index in [9.17, 15) is 23.1 Å². The molecule has 1 amide bonds. The number of carbonyl (C=O) groups is 2. The molecule has 0 spiro atoms. The van der Waals surface area contributed by atoms with E-state index in [1.165, 1.54) is 36.1 Å². The lowest BCUT2D eigenvalue weighted by molar-refractivity contribution is -0.117. The highest BCUT2D eigenvalue weighted by Crippen LogP contribution is 2.41. The van der Waals surface area contributed by atoms with Gasteiger partial charge in [0.15, 0.2) is 11.5 Å². The zero-order valence-electron chi connectivity index (χ0n) is 14.1. The summed E-state index contributed by atoms with van der Waals surface area (Å²) in [5, 5.41) is 15.4. The minimum atomic E-state index is -3.88. The second-order valence-electron chi connectivity index (χ2n) is 5.99. The highest BCUT2D eigenvalue weighted by atomic mass is 79.9. The molecular weight excluding hydrogens is 436 g/mol. The van der Waals surface area contributed by atoms with E-state index in [1.54, 1.807) is 24.3 Å². The van der Waals surface area contributed by atoms with E-state index < -0.39 is 33.5 Å². The van der Waals surface area contributed by atoms with Gasteiger partial charge in [-0.1, -0.05) is 28.1 Å². The van der Waals surface area contributed by atoms with Gasteiger partial charge in [0, 0.05) is 10.2 Å². The third-order valence-corrected chi connectivity index (χ3v) is 5.67. The lowest BCUT2D eigenvalue weighted by Gasteiger charge is -2.26. The van der Waals surface area contributed by atoms with Gasteiger partial charge >= 0.3 is 0 Å². The molecule has 3 N–H and O–H groups in total. The summed E-state index contributed by atoms with van der Waals surface area (Å²) in [6.45, 7) is 1.28. The maximum Gasteiger partial charge on any atom is 0.294 e. The number of primary sulfonamides is 1. The number of aliphatic hydroxyl groups excluding tert-OH is 1. The molecule has 2 aromatic carbocycles. The van der Waals surface area contributed by atoms with Crippen molar-refractivity contribution in [1.82, 2.24) is 0 Å². The van der Waals surface area contributed by atoms with Crippen molar-refractivity contribution in [2.24, 2.45) is 5.14 Å². The van der Waals surface area contributed by atoms with Gasteiger partial charge in [0.1, 0.15) is 0 Å². The number of anilines is 1. The molecule has 0 unspecified atom stereocenters. The van der Waals surface area contributed by atoms with Crippen LogP contribution in [0.3, 0.4) is 0 Å². The van der Waals surface area contributed by atoms with Crippen molar-refractivity contribution < 1.29 is 23.1 Å². The van der Waals surface area contributed by atoms with Crippen molar-refractivity contribution in [3.05, 3.63) is 69.9 Å². The fraction of sp³-hybridized carbons (Fsp3) is 0.111. The molecule has 7 nitrogen and oxygen atoms in total. The number of amides is 1. The number of nitrogens with zero attached hydrogens (tertiary/aromatic N) is 1. The third kappa shape index (κ3) is 3.53. The number of sulfonamides is 1. The summed E-state index contributed by atoms with van der Waals surface area (Å²) in [5.41, 5.74) is 0.928. The Bertz CT molecular complexity index is 1060. The molecule has 0 fully saturated rings. The van der Waals surface area contributed by atoms with E-state index >= 15 is 0 Å². The number of nitrogens with two attached hydrogens (primary N) is 1. The molecule has 9 heteroatoms. The second kappa shape index (κ2) is 6.91. The van der Waals surface area contributed by atoms with E-state index in [0.717, 1.165) is 4.47 Å². The zero-order valence-corrected chi connectivity index (χ0v) is 16.5. The molecule has 1 aliphatic heterocycles. The summed E-state index contributed by atoms with van der Waals surface area (Å²) in [7, 11) is -3.88. The van der Waals surface area contributed by atoms with E-state index in [1.807, 2.05) is 0 Å². The predicted molar refractivity (Wildman–Crippen MR) is 103 cm³/mol. The van der Waals surface area contributed by atoms with Crippen LogP contribution in [0.25, 0.3) is 0 Å². The zero-order chi connectivity index (χ0) is 19.9. The van der Waals surface area contributed by atoms with Gasteiger partial charge in [-0.3, -0.25) is 14.5 Å². The molecule has 1 atom stereocenters. The van der Waals surface area contributed by atoms with Crippen LogP contribution in [0.2, 0.25) is 0 Å². The lowest BCUT2D eigenvalue weighted by Crippen LogP contribution is -2.30. The summed E-state index contributed by atoms with van der Waals surface area (Å²) < 4.78 is 23.7. The first kappa shape index (κ1) is 19.3. The maximum absolute atomic E-state index is 12.7. The van der Waals surface area contributed by atoms with Crippen LogP contribution < -0.4 is 10.0 Å². The van der Waals surface area contributed by atoms with Gasteiger partial charge in [0.25, 0.3) is 5.91 Å². The van der Waals surface area contributed by atoms with E-state index in [0.29, 0.717) is 11.3 Å². The number of benzene rings is 2. The standard InChI is InChI=1S/C18H15BrN2O5S/c1-10(22)15-16(11-2-4-12(19)5-3-11)21(18(24)17(15)23)13-6-8-14(9-7-13)27(20,25)26/h2-9,16,23H,1H3,(H2,20,25,26)/t16-/m0/s1. The van der Waals surface area contributed by atoms with Crippen LogP contribution in [0, 0.1) is 0 Å². The minimum Gasteiger partial charge on any atom is -0.503 e. The number of halogens is 1. The quantitative estimate of drug-likeness (QED) is 0.741. The number of hydrogen-bond acceptors (Lipinski definition) is 5. The van der Waals surface area contributed by atoms with Crippen LogP contribution in [-0.2, 0) is 19.6 Å². The molecule has 0 saturated heterocycles. The van der Waals surface area contributed by atoms with Gasteiger partial charge in [-0.15, -0.1) is 0 Å². The Morgan fingerprint density at radius 3 is 2.15 bits per heavy atom. The topological polar surface area (TPSA) is 118 Å². The Balaban J connectivity index is 2.14. The van der Waals surface area contributed by atoms with Gasteiger partial charge in [0.2, 0.25) is 10.0 Å². The number of rotatable bonds is 4. The summed E-state index contributed by atoms with van der Waals surface area (Å²) in [6.07, 6.45) is 0. The summed E-state index contributed by atoms with van der Waals surface area (Å²) in [5.74, 6) is -1.79. The van der Waals surface area contributed by atoms with Crippen molar-refractivity contribution in [3.63, 3.8) is 0 Å². The Labute approximate surface area is 164 Å². The van der Waals surface area contributed by atoms with Crippen molar-refractivity contribution in [1.29, 1.82) is 0 Å². The average Bonchev–Trinajstić information content (AvgIpc) is 2.86. The predicted octanol–water partition coefficient (Wildman–Crippen LogP) is 2.59. The minimum absolute atomic E-state index is 0.0159. The smallest absolute Gasteiger partial charge is 0.294 e. The van der Waals surface area contributed by atoms with Crippen molar-refractivity contribution in [3.8, 4) is 0 Å². The Hall–Kier alpha value is -2.49. The van der Waals surface area contributed by atoms with Crippen molar-refractivity contribution >= 4 is 43.3 Å². The molecule has 140 valence electrons. The molecule has 0 bridgehead atoms. The molecule has 3 rings (SSSR count). The summed E-state index contributed by atoms with van der Waals surface area (Å²) >= 11 is 3.33. The molecule has 0 aromatic heterocycles. The fourth-order valence-electron chi connectivity index (χ4n) is 2.99. The number of aliphatic hydroxyl groups is 1. The van der Waals surface area contributed by atoms with E-state index in [4.69, 9.17) is 5.14 Å². The van der Waals surface area contributed by atoms with Crippen LogP contribution >= 0.6 is 15.9 Å². The summed E-state index contributed by atoms with van der Waals surface area (Å²) in [4.78, 5) is 25.9. The van der Waals surface area contributed by atoms with E-state index in [-0.39, 0.29) is 10.5 Å². The SMILES string of the molecule is CC(=O)C1=C(O)C(=O)N(c2ccc(S(N)(=O)=O)cc2)[C@H]1c1ccc(Br)cc1. The van der Waals surface area contributed by atoms with Crippen LogP contribution in [0.15, 0.2) is 69.2 Å². The largest absolute Gasteiger partial charge is 0.503 e. The number of hydrogen-bond donors (Lipinski definition) is 2. The molecule has 2 aromatic rings. The third-order valence-electron chi connectivity index (χ3n) is 4.22. The van der Waals surface area contributed by atoms with Crippen LogP contribution in [-0.4, -0.2) is 25.2 Å². The average molecular weight is 451 g/mol. The molecule has 0 saturated carbocycles. The second-order valence-corrected chi connectivity index (χ2v) is 8.46. The number of carbonyl (C=O) groups excluding carboxylic acids is 2. The number of Topliss-reactive ketones (excluding diaryl/α,β-unsaturated/α-hetero) is 1. The Morgan fingerprint density at radius 1 is 1.11 bits per heavy atom. The molecule has 27 heavy (non-hydrogen) atoms. The first-order chi connectivity index (χ1) is 12.6. The van der Waals surface area contributed by atoms with E-state index in [2.05, 4.69) is 15.9 Å². The van der Waals surface area contributed by atoms with Gasteiger partial charge in [-0.25, -0.2) is 13.6 Å². The van der Waals surface area contributed by atoms with Crippen LogP contribution in [0.5, 0.6) is 0 Å². The van der Waals surface area contributed by atoms with Gasteiger partial charge in [-0.05, 0) is 48.9 Å². The first-order valence-electron chi connectivity index (χ1n) is 7.77. The molecule has 1 aliphatic rings. The number of ketones is 1. The molecule has 1 heterocycles. The van der Waals surface area contributed by atoms with Crippen LogP contribution in [0.1, 0.15) is 18.5 Å². The van der Waals surface area contributed by atoms with Gasteiger partial charge in [0.05, 0.1) is 16.5 Å². The Morgan fingerprint density at radius 2 is 1.67 bits per heavy atom. The Kier molecular flexibility index (Phi) is 4.94. The normalized spacial score (nSPS) is 17.5. The maximum atomic E-state index is 12.7. The highest BCUT2D eigenvalue weighted by molar-refractivity contribution is 9.10. The van der Waals surface area contributed by atoms with Crippen LogP contribution in [0.4, 0.5) is 5.69 Å². The summed E-state index contributed by atoms with van der Waals surface area (Å²) in [6, 6.07) is 11.5.